The van der Waals surface area contributed by atoms with Crippen molar-refractivity contribution in [3.63, 3.8) is 0 Å². The van der Waals surface area contributed by atoms with Crippen LogP contribution in [0.5, 0.6) is 0 Å². The predicted molar refractivity (Wildman–Crippen MR) is 89.9 cm³/mol. The van der Waals surface area contributed by atoms with Crippen molar-refractivity contribution < 1.29 is 19.4 Å². The van der Waals surface area contributed by atoms with Crippen LogP contribution in [0.2, 0.25) is 0 Å². The molecule has 1 saturated heterocycles. The van der Waals surface area contributed by atoms with Crippen molar-refractivity contribution in [3.05, 3.63) is 35.5 Å². The molecule has 1 aliphatic heterocycles. The maximum Gasteiger partial charge on any atom is 0.334 e. The summed E-state index contributed by atoms with van der Waals surface area (Å²) in [6.45, 7) is 10.9. The summed E-state index contributed by atoms with van der Waals surface area (Å²) in [6, 6.07) is 0. The van der Waals surface area contributed by atoms with E-state index in [1.54, 1.807) is 0 Å². The van der Waals surface area contributed by atoms with E-state index in [4.69, 9.17) is 9.47 Å². The van der Waals surface area contributed by atoms with Gasteiger partial charge in [-0.2, -0.15) is 0 Å². The van der Waals surface area contributed by atoms with Gasteiger partial charge >= 0.3 is 5.97 Å². The first kappa shape index (κ1) is 18.0. The fourth-order valence-corrected chi connectivity index (χ4v) is 3.14. The minimum atomic E-state index is -0.389. The highest BCUT2D eigenvalue weighted by molar-refractivity contribution is 5.91. The van der Waals surface area contributed by atoms with Crippen LogP contribution < -0.4 is 0 Å². The molecule has 2 rings (SSSR count). The first-order valence-electron chi connectivity index (χ1n) is 8.39. The third-order valence-corrected chi connectivity index (χ3v) is 4.39. The van der Waals surface area contributed by atoms with Crippen LogP contribution in [-0.4, -0.2) is 36.5 Å². The Morgan fingerprint density at radius 1 is 1.48 bits per heavy atom. The van der Waals surface area contributed by atoms with Crippen LogP contribution in [0.4, 0.5) is 0 Å². The molecule has 0 aromatic rings. The van der Waals surface area contributed by atoms with E-state index in [1.807, 2.05) is 6.08 Å². The van der Waals surface area contributed by atoms with Gasteiger partial charge in [0, 0.05) is 12.2 Å². The number of aliphatic hydroxyl groups excluding tert-OH is 1. The zero-order valence-corrected chi connectivity index (χ0v) is 14.4. The molecule has 23 heavy (non-hydrogen) atoms. The summed E-state index contributed by atoms with van der Waals surface area (Å²) in [6.07, 6.45) is 5.98. The van der Waals surface area contributed by atoms with E-state index in [0.29, 0.717) is 18.1 Å². The van der Waals surface area contributed by atoms with Crippen LogP contribution in [-0.2, 0) is 14.3 Å². The average molecular weight is 320 g/mol. The summed E-state index contributed by atoms with van der Waals surface area (Å²) in [7, 11) is 0. The van der Waals surface area contributed by atoms with Crippen molar-refractivity contribution in [2.45, 2.75) is 52.2 Å². The number of hydrogen-bond donors (Lipinski definition) is 1. The minimum absolute atomic E-state index is 0.0162. The predicted octanol–water partition coefficient (Wildman–Crippen LogP) is 3.17. The SMILES string of the molecule is C=C1C(=O)OC2C=C(CO)CCC=C(C)CC(OCC(C)C)C12. The van der Waals surface area contributed by atoms with Gasteiger partial charge in [-0.15, -0.1) is 0 Å². The zero-order chi connectivity index (χ0) is 17.0. The van der Waals surface area contributed by atoms with Crippen LogP contribution in [0.15, 0.2) is 35.5 Å². The van der Waals surface area contributed by atoms with E-state index in [1.165, 1.54) is 5.57 Å². The van der Waals surface area contributed by atoms with Crippen molar-refractivity contribution >= 4 is 5.97 Å². The Morgan fingerprint density at radius 2 is 2.22 bits per heavy atom. The second kappa shape index (κ2) is 7.93. The molecule has 0 aromatic carbocycles. The highest BCUT2D eigenvalue weighted by Crippen LogP contribution is 2.36. The van der Waals surface area contributed by atoms with Crippen molar-refractivity contribution in [2.24, 2.45) is 11.8 Å². The van der Waals surface area contributed by atoms with Crippen molar-refractivity contribution in [1.29, 1.82) is 0 Å². The summed E-state index contributed by atoms with van der Waals surface area (Å²) in [5, 5.41) is 9.55. The number of aliphatic hydroxyl groups is 1. The van der Waals surface area contributed by atoms with Gasteiger partial charge < -0.3 is 14.6 Å². The van der Waals surface area contributed by atoms with Gasteiger partial charge in [0.25, 0.3) is 0 Å². The summed E-state index contributed by atoms with van der Waals surface area (Å²) in [4.78, 5) is 12.0. The summed E-state index contributed by atoms with van der Waals surface area (Å²) in [5.41, 5.74) is 2.62. The Kier molecular flexibility index (Phi) is 6.19. The number of ether oxygens (including phenoxy) is 2. The Hall–Kier alpha value is -1.39. The second-order valence-corrected chi connectivity index (χ2v) is 6.96. The molecular formula is C19H28O4. The Balaban J connectivity index is 2.33. The summed E-state index contributed by atoms with van der Waals surface area (Å²) >= 11 is 0. The number of carbonyl (C=O) groups is 1. The first-order chi connectivity index (χ1) is 10.9. The van der Waals surface area contributed by atoms with Gasteiger partial charge in [0.15, 0.2) is 0 Å². The Labute approximate surface area is 138 Å². The highest BCUT2D eigenvalue weighted by atomic mass is 16.6. The van der Waals surface area contributed by atoms with Gasteiger partial charge in [-0.05, 0) is 43.8 Å². The standard InChI is InChI=1S/C19H28O4/c1-12(2)11-22-16-8-13(3)6-5-7-15(10-20)9-17-18(16)14(4)19(21)23-17/h6,9,12,16-18,20H,4-5,7-8,10-11H2,1-3H3. The molecular weight excluding hydrogens is 292 g/mol. The van der Waals surface area contributed by atoms with Crippen molar-refractivity contribution in [2.75, 3.05) is 13.2 Å². The van der Waals surface area contributed by atoms with Crippen LogP contribution in [0.3, 0.4) is 0 Å². The van der Waals surface area contributed by atoms with E-state index in [0.717, 1.165) is 24.8 Å². The molecule has 0 spiro atoms. The zero-order valence-electron chi connectivity index (χ0n) is 14.4. The van der Waals surface area contributed by atoms with Gasteiger partial charge in [-0.25, -0.2) is 4.79 Å². The van der Waals surface area contributed by atoms with E-state index >= 15 is 0 Å². The molecule has 4 heteroatoms. The summed E-state index contributed by atoms with van der Waals surface area (Å²) in [5.74, 6) is -0.125. The van der Waals surface area contributed by atoms with Gasteiger partial charge in [0.05, 0.1) is 18.6 Å². The summed E-state index contributed by atoms with van der Waals surface area (Å²) < 4.78 is 11.6. The molecule has 0 bridgehead atoms. The number of carbonyl (C=O) groups excluding carboxylic acids is 1. The lowest BCUT2D eigenvalue weighted by molar-refractivity contribution is -0.137. The van der Waals surface area contributed by atoms with Gasteiger partial charge in [-0.1, -0.05) is 32.1 Å². The molecule has 3 unspecified atom stereocenters. The van der Waals surface area contributed by atoms with E-state index in [2.05, 4.69) is 33.4 Å². The van der Waals surface area contributed by atoms with Crippen LogP contribution in [0, 0.1) is 11.8 Å². The maximum absolute atomic E-state index is 12.0. The smallest absolute Gasteiger partial charge is 0.334 e. The lowest BCUT2D eigenvalue weighted by Gasteiger charge is -2.28. The number of hydrogen-bond acceptors (Lipinski definition) is 4. The monoisotopic (exact) mass is 320 g/mol. The minimum Gasteiger partial charge on any atom is -0.454 e. The number of allylic oxidation sites excluding steroid dienone is 1. The normalized spacial score (nSPS) is 29.0. The van der Waals surface area contributed by atoms with Crippen LogP contribution in [0.25, 0.3) is 0 Å². The molecule has 1 fully saturated rings. The molecule has 1 heterocycles. The molecule has 0 aromatic heterocycles. The molecule has 0 radical (unpaired) electrons. The Bertz CT molecular complexity index is 515. The van der Waals surface area contributed by atoms with Gasteiger partial charge in [0.2, 0.25) is 0 Å². The van der Waals surface area contributed by atoms with E-state index in [9.17, 15) is 9.90 Å². The first-order valence-corrected chi connectivity index (χ1v) is 8.39. The third-order valence-electron chi connectivity index (χ3n) is 4.39. The number of rotatable bonds is 4. The maximum atomic E-state index is 12.0. The molecule has 1 aliphatic carbocycles. The molecule has 3 atom stereocenters. The quantitative estimate of drug-likeness (QED) is 0.491. The lowest BCUT2D eigenvalue weighted by Crippen LogP contribution is -2.32. The molecule has 1 N–H and O–H groups in total. The number of fused-ring (bicyclic) bond motifs is 1. The Morgan fingerprint density at radius 3 is 2.87 bits per heavy atom. The molecule has 4 nitrogen and oxygen atoms in total. The second-order valence-electron chi connectivity index (χ2n) is 6.96. The van der Waals surface area contributed by atoms with Crippen molar-refractivity contribution in [3.8, 4) is 0 Å². The number of esters is 1. The molecule has 0 saturated carbocycles. The van der Waals surface area contributed by atoms with Crippen LogP contribution in [0.1, 0.15) is 40.0 Å². The van der Waals surface area contributed by atoms with E-state index in [-0.39, 0.29) is 30.7 Å². The molecule has 0 amide bonds. The lowest BCUT2D eigenvalue weighted by atomic mass is 9.85. The topological polar surface area (TPSA) is 55.8 Å². The average Bonchev–Trinajstić information content (AvgIpc) is 2.77. The molecule has 128 valence electrons. The van der Waals surface area contributed by atoms with Gasteiger partial charge in [0.1, 0.15) is 6.10 Å². The third kappa shape index (κ3) is 4.55. The van der Waals surface area contributed by atoms with E-state index < -0.39 is 0 Å². The molecule has 2 aliphatic rings. The van der Waals surface area contributed by atoms with Crippen LogP contribution >= 0.6 is 0 Å². The largest absolute Gasteiger partial charge is 0.454 e. The highest BCUT2D eigenvalue weighted by Gasteiger charge is 2.43. The fraction of sp³-hybridized carbons (Fsp3) is 0.632. The fourth-order valence-electron chi connectivity index (χ4n) is 3.14. The van der Waals surface area contributed by atoms with Crippen molar-refractivity contribution in [1.82, 2.24) is 0 Å². The van der Waals surface area contributed by atoms with Gasteiger partial charge in [-0.3, -0.25) is 0 Å².